The fourth-order valence-electron chi connectivity index (χ4n) is 1.80. The summed E-state index contributed by atoms with van der Waals surface area (Å²) in [5, 5.41) is 8.95. The first-order valence-corrected chi connectivity index (χ1v) is 5.76. The summed E-state index contributed by atoms with van der Waals surface area (Å²) >= 11 is 0. The molecule has 0 aromatic heterocycles. The van der Waals surface area contributed by atoms with E-state index in [2.05, 4.69) is 6.58 Å². The zero-order valence-corrected chi connectivity index (χ0v) is 10.0. The minimum absolute atomic E-state index is 0.185. The summed E-state index contributed by atoms with van der Waals surface area (Å²) in [6.07, 6.45) is 1.20. The molecule has 2 nitrogen and oxygen atoms in total. The fraction of sp³-hybridized carbons (Fsp3) is 0.357. The van der Waals surface area contributed by atoms with Crippen molar-refractivity contribution in [2.75, 3.05) is 0 Å². The molecule has 0 saturated heterocycles. The van der Waals surface area contributed by atoms with Gasteiger partial charge in [-0.05, 0) is 24.5 Å². The number of carboxylic acid groups (broad SMARTS) is 1. The lowest BCUT2D eigenvalue weighted by Gasteiger charge is -2.14. The van der Waals surface area contributed by atoms with Gasteiger partial charge in [0, 0.05) is 12.8 Å². The molecule has 1 aromatic carbocycles. The van der Waals surface area contributed by atoms with Crippen molar-refractivity contribution in [3.05, 3.63) is 48.0 Å². The first-order valence-electron chi connectivity index (χ1n) is 5.76. The first kappa shape index (κ1) is 14.4. The molecule has 18 heavy (non-hydrogen) atoms. The van der Waals surface area contributed by atoms with Crippen LogP contribution in [0.25, 0.3) is 0 Å². The molecule has 98 valence electrons. The lowest BCUT2D eigenvalue weighted by atomic mass is 10.00. The fourth-order valence-corrected chi connectivity index (χ4v) is 1.80. The van der Waals surface area contributed by atoms with Crippen LogP contribution in [0.4, 0.5) is 8.78 Å². The van der Waals surface area contributed by atoms with Gasteiger partial charge in [-0.3, -0.25) is 0 Å². The van der Waals surface area contributed by atoms with Crippen molar-refractivity contribution < 1.29 is 18.7 Å². The van der Waals surface area contributed by atoms with Crippen molar-refractivity contribution >= 4 is 5.97 Å². The molecule has 0 amide bonds. The van der Waals surface area contributed by atoms with Gasteiger partial charge in [-0.25, -0.2) is 13.6 Å². The third-order valence-corrected chi connectivity index (χ3v) is 2.68. The van der Waals surface area contributed by atoms with Crippen LogP contribution in [0.1, 0.15) is 35.2 Å². The highest BCUT2D eigenvalue weighted by molar-refractivity contribution is 5.89. The molecule has 0 radical (unpaired) electrons. The van der Waals surface area contributed by atoms with E-state index in [0.29, 0.717) is 12.0 Å². The summed E-state index contributed by atoms with van der Waals surface area (Å²) in [6.45, 7) is 3.29. The lowest BCUT2D eigenvalue weighted by molar-refractivity contribution is -0.00605. The minimum atomic E-state index is -2.75. The molecule has 0 aliphatic heterocycles. The van der Waals surface area contributed by atoms with Gasteiger partial charge in [0.1, 0.15) is 0 Å². The van der Waals surface area contributed by atoms with Crippen molar-refractivity contribution in [3.8, 4) is 0 Å². The normalized spacial score (nSPS) is 11.2. The molecule has 0 spiro atoms. The highest BCUT2D eigenvalue weighted by atomic mass is 19.3. The quantitative estimate of drug-likeness (QED) is 0.749. The van der Waals surface area contributed by atoms with E-state index in [0.717, 1.165) is 0 Å². The van der Waals surface area contributed by atoms with Crippen molar-refractivity contribution in [1.29, 1.82) is 0 Å². The summed E-state index contributed by atoms with van der Waals surface area (Å²) in [7, 11) is 0. The Morgan fingerprint density at radius 1 is 1.39 bits per heavy atom. The summed E-state index contributed by atoms with van der Waals surface area (Å²) in [5.41, 5.74) is 0.781. The van der Waals surface area contributed by atoms with Crippen molar-refractivity contribution in [3.63, 3.8) is 0 Å². The number of alkyl halides is 2. The number of rotatable bonds is 7. The highest BCUT2D eigenvalue weighted by Gasteiger charge is 2.26. The van der Waals surface area contributed by atoms with Crippen LogP contribution in [0.2, 0.25) is 0 Å². The molecule has 0 heterocycles. The number of hydrogen-bond donors (Lipinski definition) is 1. The van der Waals surface area contributed by atoms with E-state index in [1.807, 2.05) is 0 Å². The monoisotopic (exact) mass is 254 g/mol. The van der Waals surface area contributed by atoms with Crippen LogP contribution < -0.4 is 0 Å². The molecule has 0 atom stereocenters. The second-order valence-corrected chi connectivity index (χ2v) is 4.16. The van der Waals surface area contributed by atoms with Crippen LogP contribution in [0.3, 0.4) is 0 Å². The predicted molar refractivity (Wildman–Crippen MR) is 66.1 cm³/mol. The summed E-state index contributed by atoms with van der Waals surface area (Å²) in [4.78, 5) is 10.9. The van der Waals surface area contributed by atoms with Crippen molar-refractivity contribution in [2.45, 2.75) is 31.6 Å². The summed E-state index contributed by atoms with van der Waals surface area (Å²) in [6, 6.07) is 6.48. The van der Waals surface area contributed by atoms with Crippen LogP contribution in [0.15, 0.2) is 36.9 Å². The topological polar surface area (TPSA) is 37.3 Å². The third kappa shape index (κ3) is 4.28. The Bertz CT molecular complexity index is 428. The van der Waals surface area contributed by atoms with Crippen LogP contribution >= 0.6 is 0 Å². The Balaban J connectivity index is 2.59. The van der Waals surface area contributed by atoms with Gasteiger partial charge in [0.25, 0.3) is 5.92 Å². The predicted octanol–water partition coefficient (Wildman–Crippen LogP) is 3.92. The number of allylic oxidation sites excluding steroid dienone is 1. The Kier molecular flexibility index (Phi) is 5.01. The number of aromatic carboxylic acids is 1. The standard InChI is InChI=1S/C14H16F2O2/c1-2-9-14(15,16)10-5-7-11-6-3-4-8-12(11)13(17)18/h2-4,6,8H,1,5,7,9-10H2,(H,17,18). The molecule has 0 fully saturated rings. The van der Waals surface area contributed by atoms with Crippen LogP contribution in [0.5, 0.6) is 0 Å². The van der Waals surface area contributed by atoms with Gasteiger partial charge in [0.15, 0.2) is 0 Å². The van der Waals surface area contributed by atoms with Crippen LogP contribution in [-0.4, -0.2) is 17.0 Å². The Morgan fingerprint density at radius 3 is 2.67 bits per heavy atom. The molecule has 1 aromatic rings. The zero-order valence-electron chi connectivity index (χ0n) is 10.0. The minimum Gasteiger partial charge on any atom is -0.478 e. The van der Waals surface area contributed by atoms with Gasteiger partial charge in [-0.2, -0.15) is 0 Å². The SMILES string of the molecule is C=CCC(F)(F)CCCc1ccccc1C(=O)O. The lowest BCUT2D eigenvalue weighted by Crippen LogP contribution is -2.15. The van der Waals surface area contributed by atoms with E-state index in [9.17, 15) is 13.6 Å². The molecular weight excluding hydrogens is 238 g/mol. The average Bonchev–Trinajstić information content (AvgIpc) is 2.29. The molecule has 0 aliphatic rings. The number of benzene rings is 1. The Hall–Kier alpha value is -1.71. The molecule has 0 saturated carbocycles. The largest absolute Gasteiger partial charge is 0.478 e. The Labute approximate surface area is 105 Å². The van der Waals surface area contributed by atoms with Crippen LogP contribution in [-0.2, 0) is 6.42 Å². The zero-order chi connectivity index (χ0) is 13.6. The third-order valence-electron chi connectivity index (χ3n) is 2.68. The molecule has 0 unspecified atom stereocenters. The molecule has 1 rings (SSSR count). The summed E-state index contributed by atoms with van der Waals surface area (Å²) < 4.78 is 26.4. The summed E-state index contributed by atoms with van der Waals surface area (Å²) in [5.74, 6) is -3.77. The Morgan fingerprint density at radius 2 is 2.06 bits per heavy atom. The van der Waals surface area contributed by atoms with E-state index in [-0.39, 0.29) is 24.8 Å². The second-order valence-electron chi connectivity index (χ2n) is 4.16. The maximum absolute atomic E-state index is 13.2. The van der Waals surface area contributed by atoms with Gasteiger partial charge in [-0.15, -0.1) is 6.58 Å². The first-order chi connectivity index (χ1) is 8.46. The number of aryl methyl sites for hydroxylation is 1. The van der Waals surface area contributed by atoms with E-state index < -0.39 is 11.9 Å². The van der Waals surface area contributed by atoms with Gasteiger partial charge in [0.2, 0.25) is 0 Å². The van der Waals surface area contributed by atoms with E-state index in [1.165, 1.54) is 12.1 Å². The number of carboxylic acids is 1. The van der Waals surface area contributed by atoms with Crippen molar-refractivity contribution in [1.82, 2.24) is 0 Å². The average molecular weight is 254 g/mol. The molecule has 4 heteroatoms. The van der Waals surface area contributed by atoms with Gasteiger partial charge in [0.05, 0.1) is 5.56 Å². The smallest absolute Gasteiger partial charge is 0.335 e. The van der Waals surface area contributed by atoms with Gasteiger partial charge >= 0.3 is 5.97 Å². The van der Waals surface area contributed by atoms with Crippen LogP contribution in [0, 0.1) is 0 Å². The van der Waals surface area contributed by atoms with Gasteiger partial charge in [-0.1, -0.05) is 24.3 Å². The van der Waals surface area contributed by atoms with Gasteiger partial charge < -0.3 is 5.11 Å². The number of carbonyl (C=O) groups is 1. The van der Waals surface area contributed by atoms with Crippen molar-refractivity contribution in [2.24, 2.45) is 0 Å². The van der Waals surface area contributed by atoms with E-state index in [1.54, 1.807) is 18.2 Å². The maximum atomic E-state index is 13.2. The van der Waals surface area contributed by atoms with E-state index >= 15 is 0 Å². The molecule has 0 bridgehead atoms. The molecule has 1 N–H and O–H groups in total. The molecule has 0 aliphatic carbocycles. The number of halogens is 2. The highest BCUT2D eigenvalue weighted by Crippen LogP contribution is 2.26. The molecular formula is C14H16F2O2. The van der Waals surface area contributed by atoms with E-state index in [4.69, 9.17) is 5.11 Å². The maximum Gasteiger partial charge on any atom is 0.335 e. The second kappa shape index (κ2) is 6.28. The number of hydrogen-bond acceptors (Lipinski definition) is 1.